The molecule has 2 aromatic rings. The van der Waals surface area contributed by atoms with Gasteiger partial charge in [-0.05, 0) is 6.92 Å². The van der Waals surface area contributed by atoms with Crippen molar-refractivity contribution in [1.82, 2.24) is 24.7 Å². The van der Waals surface area contributed by atoms with Crippen molar-refractivity contribution in [2.45, 2.75) is 13.5 Å². The van der Waals surface area contributed by atoms with Gasteiger partial charge in [0.05, 0.1) is 0 Å². The van der Waals surface area contributed by atoms with Crippen LogP contribution in [0.1, 0.15) is 12.7 Å². The number of anilines is 1. The number of ether oxygens (including phenoxy) is 2. The minimum atomic E-state index is 0.206. The highest BCUT2D eigenvalue weighted by atomic mass is 16.5. The van der Waals surface area contributed by atoms with Gasteiger partial charge in [0.1, 0.15) is 18.8 Å². The third kappa shape index (κ3) is 3.14. The summed E-state index contributed by atoms with van der Waals surface area (Å²) in [6, 6.07) is 1.71. The fourth-order valence-corrected chi connectivity index (χ4v) is 1.26. The van der Waals surface area contributed by atoms with Crippen molar-refractivity contribution >= 4 is 5.82 Å². The van der Waals surface area contributed by atoms with E-state index in [9.17, 15) is 0 Å². The second-order valence-electron chi connectivity index (χ2n) is 3.49. The molecule has 0 bridgehead atoms. The van der Waals surface area contributed by atoms with Crippen LogP contribution in [0.25, 0.3) is 0 Å². The standard InChI is InChI=1S/C10H14N6O2/c1-3-17-5-8-13-7(11)4-9(14-8)18-10-12-6-16(2)15-10/h4,6H,3,5H2,1-2H3,(H2,11,13,14). The van der Waals surface area contributed by atoms with Crippen LogP contribution >= 0.6 is 0 Å². The maximum Gasteiger partial charge on any atom is 0.342 e. The lowest BCUT2D eigenvalue weighted by atomic mass is 10.5. The zero-order valence-electron chi connectivity index (χ0n) is 10.2. The van der Waals surface area contributed by atoms with E-state index < -0.39 is 0 Å². The van der Waals surface area contributed by atoms with Crippen LogP contribution in [0, 0.1) is 0 Å². The molecular formula is C10H14N6O2. The SMILES string of the molecule is CCOCc1nc(N)cc(Oc2ncn(C)n2)n1. The summed E-state index contributed by atoms with van der Waals surface area (Å²) in [7, 11) is 1.74. The Kier molecular flexibility index (Phi) is 3.68. The van der Waals surface area contributed by atoms with Crippen molar-refractivity contribution in [1.29, 1.82) is 0 Å². The van der Waals surface area contributed by atoms with Gasteiger partial charge in [-0.3, -0.25) is 4.68 Å². The number of nitrogens with two attached hydrogens (primary N) is 1. The molecule has 2 aromatic heterocycles. The second-order valence-corrected chi connectivity index (χ2v) is 3.49. The van der Waals surface area contributed by atoms with E-state index >= 15 is 0 Å². The van der Waals surface area contributed by atoms with E-state index in [1.807, 2.05) is 6.92 Å². The summed E-state index contributed by atoms with van der Waals surface area (Å²) in [4.78, 5) is 12.1. The maximum atomic E-state index is 5.66. The van der Waals surface area contributed by atoms with Crippen molar-refractivity contribution in [2.24, 2.45) is 7.05 Å². The van der Waals surface area contributed by atoms with Gasteiger partial charge in [0.25, 0.3) is 0 Å². The summed E-state index contributed by atoms with van der Waals surface area (Å²) >= 11 is 0. The Bertz CT molecular complexity index is 527. The molecule has 0 spiro atoms. The molecule has 18 heavy (non-hydrogen) atoms. The zero-order chi connectivity index (χ0) is 13.0. The van der Waals surface area contributed by atoms with E-state index in [2.05, 4.69) is 20.1 Å². The van der Waals surface area contributed by atoms with Gasteiger partial charge in [-0.2, -0.15) is 9.97 Å². The molecule has 0 saturated heterocycles. The van der Waals surface area contributed by atoms with E-state index in [0.717, 1.165) is 0 Å². The van der Waals surface area contributed by atoms with Gasteiger partial charge in [0.2, 0.25) is 5.88 Å². The molecule has 0 aliphatic rings. The van der Waals surface area contributed by atoms with Crippen LogP contribution < -0.4 is 10.5 Å². The van der Waals surface area contributed by atoms with Crippen LogP contribution in [0.5, 0.6) is 11.9 Å². The molecule has 0 fully saturated rings. The van der Waals surface area contributed by atoms with Crippen LogP contribution in [0.2, 0.25) is 0 Å². The van der Waals surface area contributed by atoms with Gasteiger partial charge in [-0.15, -0.1) is 5.10 Å². The predicted molar refractivity (Wildman–Crippen MR) is 62.9 cm³/mol. The smallest absolute Gasteiger partial charge is 0.342 e. The second kappa shape index (κ2) is 5.41. The first-order valence-corrected chi connectivity index (χ1v) is 5.42. The Morgan fingerprint density at radius 1 is 1.39 bits per heavy atom. The molecule has 2 rings (SSSR count). The third-order valence-corrected chi connectivity index (χ3v) is 1.98. The van der Waals surface area contributed by atoms with Crippen LogP contribution in [0.4, 0.5) is 5.82 Å². The van der Waals surface area contributed by atoms with E-state index in [1.54, 1.807) is 7.05 Å². The number of nitrogens with zero attached hydrogens (tertiary/aromatic N) is 5. The highest BCUT2D eigenvalue weighted by Gasteiger charge is 2.07. The fourth-order valence-electron chi connectivity index (χ4n) is 1.26. The lowest BCUT2D eigenvalue weighted by Crippen LogP contribution is -2.04. The zero-order valence-corrected chi connectivity index (χ0v) is 10.2. The Morgan fingerprint density at radius 2 is 2.22 bits per heavy atom. The first kappa shape index (κ1) is 12.2. The molecule has 0 aliphatic heterocycles. The first-order chi connectivity index (χ1) is 8.67. The average molecular weight is 250 g/mol. The van der Waals surface area contributed by atoms with Gasteiger partial charge in [0, 0.05) is 19.7 Å². The molecule has 8 nitrogen and oxygen atoms in total. The topological polar surface area (TPSA) is 101 Å². The lowest BCUT2D eigenvalue weighted by molar-refractivity contribution is 0.128. The molecule has 0 aliphatic carbocycles. The summed E-state index contributed by atoms with van der Waals surface area (Å²) in [5.41, 5.74) is 5.66. The molecule has 0 aromatic carbocycles. The third-order valence-electron chi connectivity index (χ3n) is 1.98. The molecule has 0 unspecified atom stereocenters. The van der Waals surface area contributed by atoms with E-state index in [0.29, 0.717) is 24.1 Å². The minimum Gasteiger partial charge on any atom is -0.404 e. The molecule has 0 atom stereocenters. The summed E-state index contributed by atoms with van der Waals surface area (Å²) in [6.07, 6.45) is 1.53. The Balaban J connectivity index is 2.14. The number of hydrogen-bond acceptors (Lipinski definition) is 7. The Labute approximate surface area is 104 Å². The first-order valence-electron chi connectivity index (χ1n) is 5.42. The molecule has 0 saturated carbocycles. The van der Waals surface area contributed by atoms with Crippen molar-refractivity contribution in [3.8, 4) is 11.9 Å². The molecule has 2 heterocycles. The normalized spacial score (nSPS) is 10.6. The molecule has 2 N–H and O–H groups in total. The Hall–Kier alpha value is -2.22. The minimum absolute atomic E-state index is 0.206. The number of aromatic nitrogens is 5. The molecular weight excluding hydrogens is 236 g/mol. The molecule has 8 heteroatoms. The summed E-state index contributed by atoms with van der Waals surface area (Å²) in [6.45, 7) is 2.76. The summed E-state index contributed by atoms with van der Waals surface area (Å²) in [5, 5.41) is 3.98. The Morgan fingerprint density at radius 3 is 2.89 bits per heavy atom. The van der Waals surface area contributed by atoms with E-state index in [1.165, 1.54) is 17.1 Å². The summed E-state index contributed by atoms with van der Waals surface area (Å²) < 4.78 is 12.1. The lowest BCUT2D eigenvalue weighted by Gasteiger charge is -2.05. The van der Waals surface area contributed by atoms with Crippen molar-refractivity contribution in [3.05, 3.63) is 18.2 Å². The van der Waals surface area contributed by atoms with Crippen LogP contribution in [0.3, 0.4) is 0 Å². The molecule has 0 amide bonds. The van der Waals surface area contributed by atoms with Gasteiger partial charge < -0.3 is 15.2 Å². The van der Waals surface area contributed by atoms with Crippen molar-refractivity contribution in [2.75, 3.05) is 12.3 Å². The summed E-state index contributed by atoms with van der Waals surface area (Å²) in [5.74, 6) is 1.07. The van der Waals surface area contributed by atoms with Gasteiger partial charge in [-0.25, -0.2) is 4.98 Å². The largest absolute Gasteiger partial charge is 0.404 e. The average Bonchev–Trinajstić information content (AvgIpc) is 2.71. The number of rotatable bonds is 5. The number of hydrogen-bond donors (Lipinski definition) is 1. The van der Waals surface area contributed by atoms with E-state index in [4.69, 9.17) is 15.2 Å². The molecule has 96 valence electrons. The monoisotopic (exact) mass is 250 g/mol. The number of aryl methyl sites for hydroxylation is 1. The predicted octanol–water partition coefficient (Wildman–Crippen LogP) is 0.516. The van der Waals surface area contributed by atoms with Crippen LogP contribution in [-0.4, -0.2) is 31.3 Å². The highest BCUT2D eigenvalue weighted by Crippen LogP contribution is 2.16. The van der Waals surface area contributed by atoms with Crippen molar-refractivity contribution in [3.63, 3.8) is 0 Å². The van der Waals surface area contributed by atoms with Gasteiger partial charge in [0.15, 0.2) is 5.82 Å². The van der Waals surface area contributed by atoms with Crippen LogP contribution in [0.15, 0.2) is 12.4 Å². The van der Waals surface area contributed by atoms with Gasteiger partial charge in [-0.1, -0.05) is 0 Å². The quantitative estimate of drug-likeness (QED) is 0.825. The van der Waals surface area contributed by atoms with Crippen LogP contribution in [-0.2, 0) is 18.4 Å². The highest BCUT2D eigenvalue weighted by molar-refractivity contribution is 5.33. The van der Waals surface area contributed by atoms with E-state index in [-0.39, 0.29) is 12.6 Å². The number of nitrogen functional groups attached to an aromatic ring is 1. The van der Waals surface area contributed by atoms with Gasteiger partial charge >= 0.3 is 6.01 Å². The maximum absolute atomic E-state index is 5.66. The van der Waals surface area contributed by atoms with Crippen molar-refractivity contribution < 1.29 is 9.47 Å². The molecule has 0 radical (unpaired) electrons. The fraction of sp³-hybridized carbons (Fsp3) is 0.400.